The molecular weight excluding hydrogens is 308 g/mol. The average Bonchev–Trinajstić information content (AvgIpc) is 2.90. The second kappa shape index (κ2) is 6.38. The number of benzene rings is 2. The highest BCUT2D eigenvalue weighted by Crippen LogP contribution is 2.26. The van der Waals surface area contributed by atoms with Crippen molar-refractivity contribution in [1.82, 2.24) is 4.98 Å². The van der Waals surface area contributed by atoms with Crippen LogP contribution in [-0.4, -0.2) is 17.0 Å². The van der Waals surface area contributed by atoms with E-state index in [1.165, 1.54) is 16.9 Å². The lowest BCUT2D eigenvalue weighted by atomic mass is 10.2. The number of aromatic nitrogens is 1. The molecule has 1 atom stereocenters. The molecule has 3 aromatic rings. The van der Waals surface area contributed by atoms with Crippen molar-refractivity contribution >= 4 is 32.6 Å². The number of nitrogens with one attached hydrogen (secondary N) is 1. The molecule has 1 heterocycles. The lowest BCUT2D eigenvalue weighted by Gasteiger charge is -2.13. The molecule has 118 valence electrons. The maximum Gasteiger partial charge on any atom is 0.266 e. The van der Waals surface area contributed by atoms with Crippen molar-refractivity contribution in [3.05, 3.63) is 53.6 Å². The molecule has 0 spiro atoms. The predicted octanol–water partition coefficient (Wildman–Crippen LogP) is 4.32. The Morgan fingerprint density at radius 3 is 2.57 bits per heavy atom. The first-order valence-electron chi connectivity index (χ1n) is 7.42. The van der Waals surface area contributed by atoms with E-state index in [0.717, 1.165) is 15.8 Å². The van der Waals surface area contributed by atoms with Crippen molar-refractivity contribution < 1.29 is 9.53 Å². The van der Waals surface area contributed by atoms with Crippen LogP contribution in [0.25, 0.3) is 10.2 Å². The van der Waals surface area contributed by atoms with Crippen LogP contribution in [0, 0.1) is 13.8 Å². The van der Waals surface area contributed by atoms with E-state index in [1.54, 1.807) is 6.92 Å². The number of amides is 1. The molecule has 0 saturated carbocycles. The van der Waals surface area contributed by atoms with Gasteiger partial charge < -0.3 is 4.74 Å². The lowest BCUT2D eigenvalue weighted by Crippen LogP contribution is -2.30. The van der Waals surface area contributed by atoms with Crippen LogP contribution >= 0.6 is 11.3 Å². The van der Waals surface area contributed by atoms with Gasteiger partial charge in [0, 0.05) is 0 Å². The Morgan fingerprint density at radius 1 is 1.13 bits per heavy atom. The van der Waals surface area contributed by atoms with Crippen molar-refractivity contribution in [3.63, 3.8) is 0 Å². The Morgan fingerprint density at radius 2 is 1.83 bits per heavy atom. The molecule has 0 saturated heterocycles. The number of hydrogen-bond acceptors (Lipinski definition) is 4. The third-order valence-corrected chi connectivity index (χ3v) is 4.41. The summed E-state index contributed by atoms with van der Waals surface area (Å²) in [6.45, 7) is 5.77. The van der Waals surface area contributed by atoms with Gasteiger partial charge in [0.25, 0.3) is 5.91 Å². The molecule has 1 aromatic heterocycles. The molecule has 5 heteroatoms. The minimum absolute atomic E-state index is 0.207. The van der Waals surface area contributed by atoms with Gasteiger partial charge in [-0.05, 0) is 50.6 Å². The van der Waals surface area contributed by atoms with E-state index in [4.69, 9.17) is 4.74 Å². The summed E-state index contributed by atoms with van der Waals surface area (Å²) in [7, 11) is 0. The number of anilines is 1. The molecule has 0 radical (unpaired) electrons. The van der Waals surface area contributed by atoms with Crippen LogP contribution in [-0.2, 0) is 4.79 Å². The average molecular weight is 326 g/mol. The van der Waals surface area contributed by atoms with Gasteiger partial charge in [-0.2, -0.15) is 0 Å². The molecule has 0 aliphatic carbocycles. The fraction of sp³-hybridized carbons (Fsp3) is 0.222. The molecule has 0 fully saturated rings. The van der Waals surface area contributed by atoms with Crippen LogP contribution in [0.15, 0.2) is 42.5 Å². The third kappa shape index (κ3) is 3.68. The van der Waals surface area contributed by atoms with Gasteiger partial charge in [0.2, 0.25) is 0 Å². The maximum atomic E-state index is 12.3. The summed E-state index contributed by atoms with van der Waals surface area (Å²) in [5.41, 5.74) is 3.22. The molecule has 3 rings (SSSR count). The van der Waals surface area contributed by atoms with Gasteiger partial charge >= 0.3 is 0 Å². The second-order valence-corrected chi connectivity index (χ2v) is 6.58. The number of ether oxygens (including phenoxy) is 1. The number of nitrogens with zero attached hydrogens (tertiary/aromatic N) is 1. The van der Waals surface area contributed by atoms with Gasteiger partial charge in [-0.15, -0.1) is 0 Å². The van der Waals surface area contributed by atoms with Gasteiger partial charge in [0.05, 0.1) is 10.2 Å². The smallest absolute Gasteiger partial charge is 0.266 e. The first kappa shape index (κ1) is 15.5. The summed E-state index contributed by atoms with van der Waals surface area (Å²) in [4.78, 5) is 16.7. The van der Waals surface area contributed by atoms with Crippen molar-refractivity contribution in [2.45, 2.75) is 26.9 Å². The molecule has 1 N–H and O–H groups in total. The van der Waals surface area contributed by atoms with Crippen molar-refractivity contribution in [2.75, 3.05) is 5.32 Å². The van der Waals surface area contributed by atoms with Crippen molar-refractivity contribution in [2.24, 2.45) is 0 Å². The summed E-state index contributed by atoms with van der Waals surface area (Å²) in [5.74, 6) is 0.472. The van der Waals surface area contributed by atoms with Gasteiger partial charge in [0.15, 0.2) is 11.2 Å². The molecule has 1 amide bonds. The normalized spacial score (nSPS) is 12.1. The highest BCUT2D eigenvalue weighted by Gasteiger charge is 2.16. The minimum atomic E-state index is -0.591. The number of carbonyl (C=O) groups is 1. The second-order valence-electron chi connectivity index (χ2n) is 5.55. The van der Waals surface area contributed by atoms with Gasteiger partial charge in [-0.3, -0.25) is 10.1 Å². The van der Waals surface area contributed by atoms with E-state index in [-0.39, 0.29) is 5.91 Å². The third-order valence-electron chi connectivity index (χ3n) is 3.48. The van der Waals surface area contributed by atoms with E-state index in [1.807, 2.05) is 50.2 Å². The molecular formula is C18H18N2O2S. The highest BCUT2D eigenvalue weighted by atomic mass is 32.1. The van der Waals surface area contributed by atoms with E-state index in [0.29, 0.717) is 10.9 Å². The van der Waals surface area contributed by atoms with E-state index < -0.39 is 6.10 Å². The lowest BCUT2D eigenvalue weighted by molar-refractivity contribution is -0.122. The topological polar surface area (TPSA) is 51.2 Å². The fourth-order valence-electron chi connectivity index (χ4n) is 2.17. The first-order chi connectivity index (χ1) is 11.0. The van der Waals surface area contributed by atoms with Crippen LogP contribution in [0.2, 0.25) is 0 Å². The first-order valence-corrected chi connectivity index (χ1v) is 8.24. The number of fused-ring (bicyclic) bond motifs is 1. The molecule has 0 unspecified atom stereocenters. The molecule has 0 bridgehead atoms. The standard InChI is InChI=1S/C18H18N2O2S/c1-11-4-7-14(8-5-11)22-13(3)17(21)20-18-19-15-9-6-12(2)10-16(15)23-18/h4-10,13H,1-3H3,(H,19,20,21)/t13-/m1/s1. The number of hydrogen-bond donors (Lipinski definition) is 1. The van der Waals surface area contributed by atoms with Crippen LogP contribution in [0.4, 0.5) is 5.13 Å². The molecule has 4 nitrogen and oxygen atoms in total. The monoisotopic (exact) mass is 326 g/mol. The van der Waals surface area contributed by atoms with Gasteiger partial charge in [-0.25, -0.2) is 4.98 Å². The maximum absolute atomic E-state index is 12.3. The molecule has 0 aliphatic heterocycles. The zero-order chi connectivity index (χ0) is 16.4. The highest BCUT2D eigenvalue weighted by molar-refractivity contribution is 7.22. The zero-order valence-electron chi connectivity index (χ0n) is 13.3. The van der Waals surface area contributed by atoms with Gasteiger partial charge in [-0.1, -0.05) is 35.1 Å². The minimum Gasteiger partial charge on any atom is -0.481 e. The Kier molecular flexibility index (Phi) is 4.30. The number of aryl methyl sites for hydroxylation is 2. The quantitative estimate of drug-likeness (QED) is 0.777. The Labute approximate surface area is 139 Å². The molecule has 2 aromatic carbocycles. The van der Waals surface area contributed by atoms with Crippen LogP contribution in [0.5, 0.6) is 5.75 Å². The zero-order valence-corrected chi connectivity index (χ0v) is 14.1. The Hall–Kier alpha value is -2.40. The summed E-state index contributed by atoms with van der Waals surface area (Å²) in [6.07, 6.45) is -0.591. The van der Waals surface area contributed by atoms with Crippen LogP contribution in [0.3, 0.4) is 0 Å². The van der Waals surface area contributed by atoms with Crippen LogP contribution in [0.1, 0.15) is 18.1 Å². The van der Waals surface area contributed by atoms with Crippen molar-refractivity contribution in [3.8, 4) is 5.75 Å². The summed E-state index contributed by atoms with van der Waals surface area (Å²) < 4.78 is 6.72. The SMILES string of the molecule is Cc1ccc(O[C@H](C)C(=O)Nc2nc3ccc(C)cc3s2)cc1. The molecule has 23 heavy (non-hydrogen) atoms. The molecule has 0 aliphatic rings. The number of thiazole rings is 1. The van der Waals surface area contributed by atoms with Gasteiger partial charge in [0.1, 0.15) is 5.75 Å². The predicted molar refractivity (Wildman–Crippen MR) is 94.3 cm³/mol. The Balaban J connectivity index is 1.68. The fourth-order valence-corrected chi connectivity index (χ4v) is 3.13. The summed E-state index contributed by atoms with van der Waals surface area (Å²) in [6, 6.07) is 13.7. The Bertz CT molecular complexity index is 840. The van der Waals surface area contributed by atoms with Crippen LogP contribution < -0.4 is 10.1 Å². The van der Waals surface area contributed by atoms with E-state index in [9.17, 15) is 4.79 Å². The summed E-state index contributed by atoms with van der Waals surface area (Å²) >= 11 is 1.47. The summed E-state index contributed by atoms with van der Waals surface area (Å²) in [5, 5.41) is 3.42. The number of carbonyl (C=O) groups excluding carboxylic acids is 1. The number of rotatable bonds is 4. The van der Waals surface area contributed by atoms with E-state index in [2.05, 4.69) is 16.4 Å². The van der Waals surface area contributed by atoms with E-state index >= 15 is 0 Å². The van der Waals surface area contributed by atoms with Crippen molar-refractivity contribution in [1.29, 1.82) is 0 Å². The largest absolute Gasteiger partial charge is 0.481 e.